The molecule has 0 spiro atoms. The number of allylic oxidation sites excluding steroid dienone is 8. The molecular formula is C30H41Cl2Si3Ti. The van der Waals surface area contributed by atoms with Gasteiger partial charge in [0.1, 0.15) is 0 Å². The van der Waals surface area contributed by atoms with Crippen molar-refractivity contribution in [2.75, 3.05) is 0 Å². The Kier molecular flexibility index (Phi) is 7.74. The molecule has 0 nitrogen and oxygen atoms in total. The van der Waals surface area contributed by atoms with Gasteiger partial charge in [0, 0.05) is 0 Å². The fourth-order valence-corrected chi connectivity index (χ4v) is 36.4. The van der Waals surface area contributed by atoms with Crippen LogP contribution in [0.3, 0.4) is 0 Å². The van der Waals surface area contributed by atoms with Crippen molar-refractivity contribution in [2.24, 2.45) is 0 Å². The average molecular weight is 605 g/mol. The predicted octanol–water partition coefficient (Wildman–Crippen LogP) is 10.3. The molecule has 0 saturated carbocycles. The van der Waals surface area contributed by atoms with E-state index >= 15 is 0 Å². The Labute approximate surface area is 230 Å². The standard InChI is InChI=1S/2C14H17Si.C2H7Si.2ClH.Ti/c2*1-15(2,3)14-10-9-13(11-14)12-7-5-4-6-8-12;1-3-2;;;/h2*4-11H,1-3H3;3H,1-2H3;2*1H;/q;;;;;+2/p-2. The number of hydrogen-bond donors (Lipinski definition) is 0. The first-order valence-corrected chi connectivity index (χ1v) is 31.9. The van der Waals surface area contributed by atoms with Gasteiger partial charge in [0.05, 0.1) is 0 Å². The fraction of sp³-hybridized carbons (Fsp3) is 0.333. The Bertz CT molecular complexity index is 1170. The molecule has 0 amide bonds. The second-order valence-electron chi connectivity index (χ2n) is 13.0. The van der Waals surface area contributed by atoms with Gasteiger partial charge in [-0.25, -0.2) is 0 Å². The first-order valence-electron chi connectivity index (χ1n) is 13.2. The van der Waals surface area contributed by atoms with Crippen LogP contribution in [0.25, 0.3) is 11.1 Å². The quantitative estimate of drug-likeness (QED) is 0.276. The van der Waals surface area contributed by atoms with Crippen LogP contribution in [-0.2, 0) is 12.4 Å². The number of halogens is 2. The fourth-order valence-electron chi connectivity index (χ4n) is 5.96. The molecule has 0 heterocycles. The van der Waals surface area contributed by atoms with Crippen LogP contribution in [0.5, 0.6) is 0 Å². The zero-order chi connectivity index (χ0) is 26.5. The molecule has 2 aromatic rings. The molecule has 6 heteroatoms. The van der Waals surface area contributed by atoms with E-state index in [1.54, 1.807) is 10.4 Å². The zero-order valence-corrected chi connectivity index (χ0v) is 29.3. The van der Waals surface area contributed by atoms with Gasteiger partial charge in [0.25, 0.3) is 0 Å². The van der Waals surface area contributed by atoms with Gasteiger partial charge in [-0.3, -0.25) is 0 Å². The molecule has 0 saturated heterocycles. The molecule has 2 aliphatic rings. The van der Waals surface area contributed by atoms with Crippen molar-refractivity contribution in [3.8, 4) is 0 Å². The summed E-state index contributed by atoms with van der Waals surface area (Å²) in [6, 6.07) is 21.6. The van der Waals surface area contributed by atoms with Gasteiger partial charge in [0.2, 0.25) is 0 Å². The summed E-state index contributed by atoms with van der Waals surface area (Å²) in [4.78, 5) is 0. The van der Waals surface area contributed by atoms with Crippen LogP contribution >= 0.6 is 18.6 Å². The molecule has 0 radical (unpaired) electrons. The third-order valence-corrected chi connectivity index (χ3v) is 48.9. The van der Waals surface area contributed by atoms with E-state index < -0.39 is 35.3 Å². The van der Waals surface area contributed by atoms with Crippen LogP contribution in [0.1, 0.15) is 11.1 Å². The Morgan fingerprint density at radius 2 is 0.944 bits per heavy atom. The summed E-state index contributed by atoms with van der Waals surface area (Å²) in [5.41, 5.74) is 5.18. The van der Waals surface area contributed by atoms with E-state index in [1.165, 1.54) is 22.3 Å². The summed E-state index contributed by atoms with van der Waals surface area (Å²) in [5.74, 6) is 0. The van der Waals surface area contributed by atoms with E-state index in [1.807, 2.05) is 0 Å². The van der Waals surface area contributed by atoms with Crippen LogP contribution in [-0.4, -0.2) is 22.8 Å². The zero-order valence-electron chi connectivity index (χ0n) is 23.1. The minimum atomic E-state index is -4.25. The molecule has 2 unspecified atom stereocenters. The monoisotopic (exact) mass is 603 g/mol. The summed E-state index contributed by atoms with van der Waals surface area (Å²) in [6.07, 6.45) is 9.96. The molecule has 2 aliphatic carbocycles. The van der Waals surface area contributed by atoms with E-state index in [4.69, 9.17) is 18.6 Å². The molecule has 191 valence electrons. The summed E-state index contributed by atoms with van der Waals surface area (Å²) in [5, 5.41) is 3.11. The molecule has 0 aliphatic heterocycles. The predicted molar refractivity (Wildman–Crippen MR) is 170 cm³/mol. The topological polar surface area (TPSA) is 0 Å². The van der Waals surface area contributed by atoms with Crippen molar-refractivity contribution >= 4 is 52.6 Å². The first kappa shape index (κ1) is 28.4. The maximum atomic E-state index is 8.34. The van der Waals surface area contributed by atoms with E-state index in [9.17, 15) is 0 Å². The minimum absolute atomic E-state index is 0.190. The van der Waals surface area contributed by atoms with Crippen molar-refractivity contribution in [3.05, 3.63) is 106 Å². The first-order chi connectivity index (χ1) is 16.6. The van der Waals surface area contributed by atoms with Crippen LogP contribution in [0.2, 0.25) is 60.8 Å². The Morgan fingerprint density at radius 1 is 0.611 bits per heavy atom. The van der Waals surface area contributed by atoms with Crippen LogP contribution in [0.4, 0.5) is 0 Å². The van der Waals surface area contributed by atoms with E-state index in [-0.39, 0.29) is 8.45 Å². The second kappa shape index (κ2) is 9.82. The third-order valence-electron chi connectivity index (χ3n) is 8.22. The van der Waals surface area contributed by atoms with E-state index in [0.717, 1.165) is 0 Å². The average Bonchev–Trinajstić information content (AvgIpc) is 3.47. The number of benzene rings is 2. The van der Waals surface area contributed by atoms with E-state index in [2.05, 4.69) is 137 Å². The van der Waals surface area contributed by atoms with Gasteiger partial charge in [-0.15, -0.1) is 0 Å². The van der Waals surface area contributed by atoms with Crippen molar-refractivity contribution in [3.63, 3.8) is 0 Å². The molecule has 36 heavy (non-hydrogen) atoms. The molecule has 4 rings (SSSR count). The summed E-state index contributed by atoms with van der Waals surface area (Å²) in [7, 11) is 13.3. The third kappa shape index (κ3) is 5.02. The van der Waals surface area contributed by atoms with Crippen molar-refractivity contribution in [1.29, 1.82) is 0 Å². The summed E-state index contributed by atoms with van der Waals surface area (Å²) in [6.45, 7) is 18.2. The van der Waals surface area contributed by atoms with Crippen LogP contribution in [0.15, 0.2) is 95.4 Å². The molecule has 0 aromatic heterocycles. The molecular weight excluding hydrogens is 563 g/mol. The van der Waals surface area contributed by atoms with Crippen LogP contribution < -0.4 is 0 Å². The van der Waals surface area contributed by atoms with Crippen molar-refractivity contribution in [2.45, 2.75) is 60.8 Å². The van der Waals surface area contributed by atoms with Gasteiger partial charge in [-0.05, 0) is 0 Å². The van der Waals surface area contributed by atoms with Gasteiger partial charge in [-0.2, -0.15) is 0 Å². The second-order valence-corrected chi connectivity index (χ2v) is 52.6. The Hall–Kier alpha value is -0.655. The molecule has 0 fully saturated rings. The van der Waals surface area contributed by atoms with Gasteiger partial charge in [0.15, 0.2) is 0 Å². The Balaban J connectivity index is 1.96. The number of hydrogen-bond acceptors (Lipinski definition) is 0. The van der Waals surface area contributed by atoms with Crippen molar-refractivity contribution in [1.82, 2.24) is 0 Å². The SMILES string of the molecule is C[SiH](C)[Ti]([Cl])([Cl])([CH]1C=C(c2ccccc2)C=C1[Si](C)(C)C)[CH]1C=C(c2ccccc2)C=C1[Si](C)(C)C. The van der Waals surface area contributed by atoms with Gasteiger partial charge in [-0.1, -0.05) is 0 Å². The Morgan fingerprint density at radius 3 is 1.22 bits per heavy atom. The molecule has 2 aromatic carbocycles. The normalized spacial score (nSPS) is 22.0. The molecule has 0 bridgehead atoms. The summed E-state index contributed by atoms with van der Waals surface area (Å²) >= 11 is -4.25. The number of rotatable bonds is 7. The summed E-state index contributed by atoms with van der Waals surface area (Å²) < 4.78 is 0.380. The van der Waals surface area contributed by atoms with E-state index in [0.29, 0.717) is 0 Å². The molecule has 2 atom stereocenters. The molecule has 0 N–H and O–H groups in total. The van der Waals surface area contributed by atoms with Gasteiger partial charge < -0.3 is 0 Å². The maximum absolute atomic E-state index is 8.34. The van der Waals surface area contributed by atoms with Crippen LogP contribution in [0, 0.1) is 0 Å². The van der Waals surface area contributed by atoms with Crippen molar-refractivity contribution < 1.29 is 12.4 Å². The van der Waals surface area contributed by atoms with Gasteiger partial charge >= 0.3 is 232 Å².